The Morgan fingerprint density at radius 1 is 1.42 bits per heavy atom. The largest absolute Gasteiger partial charge is 0.478 e. The normalized spacial score (nSPS) is 10.9. The predicted octanol–water partition coefficient (Wildman–Crippen LogP) is 0.471. The number of rotatable bonds is 6. The maximum atomic E-state index is 11.8. The van der Waals surface area contributed by atoms with Crippen LogP contribution in [-0.4, -0.2) is 54.1 Å². The van der Waals surface area contributed by atoms with Gasteiger partial charge in [-0.2, -0.15) is 0 Å². The van der Waals surface area contributed by atoms with E-state index in [0.717, 1.165) is 12.6 Å². The molecule has 0 aliphatic rings. The monoisotopic (exact) mass is 263 g/mol. The fourth-order valence-electron chi connectivity index (χ4n) is 1.34. The predicted molar refractivity (Wildman–Crippen MR) is 71.8 cm³/mol. The molecule has 6 heteroatoms. The van der Waals surface area contributed by atoms with Crippen LogP contribution in [0.5, 0.6) is 0 Å². The van der Waals surface area contributed by atoms with Gasteiger partial charge in [-0.3, -0.25) is 9.78 Å². The second kappa shape index (κ2) is 7.27. The molecule has 0 saturated heterocycles. The first-order chi connectivity index (χ1) is 8.99. The number of hydrogen-bond acceptors (Lipinski definition) is 4. The molecular formula is C13H17N3O3. The molecule has 0 unspecified atom stereocenters. The first-order valence-electron chi connectivity index (χ1n) is 5.78. The molecule has 1 heterocycles. The van der Waals surface area contributed by atoms with Gasteiger partial charge in [0.25, 0.3) is 5.91 Å². The van der Waals surface area contributed by atoms with Crippen molar-refractivity contribution in [3.63, 3.8) is 0 Å². The topological polar surface area (TPSA) is 82.5 Å². The number of hydrogen-bond donors (Lipinski definition) is 2. The van der Waals surface area contributed by atoms with Crippen LogP contribution in [0, 0.1) is 0 Å². The number of carbonyl (C=O) groups excluding carboxylic acids is 1. The second-order valence-corrected chi connectivity index (χ2v) is 4.24. The van der Waals surface area contributed by atoms with Crippen LogP contribution in [0.4, 0.5) is 0 Å². The summed E-state index contributed by atoms with van der Waals surface area (Å²) in [5, 5.41) is 11.3. The van der Waals surface area contributed by atoms with Crippen LogP contribution < -0.4 is 5.32 Å². The standard InChI is InChI=1S/C13H17N3O3/c1-16(2)6-5-15-13(19)11-7-10(8-14-9-11)3-4-12(17)18/h3-4,7-9H,5-6H2,1-2H3,(H,15,19)(H,17,18). The number of carbonyl (C=O) groups is 2. The number of amides is 1. The van der Waals surface area contributed by atoms with Gasteiger partial charge in [0, 0.05) is 31.6 Å². The molecule has 102 valence electrons. The van der Waals surface area contributed by atoms with E-state index in [-0.39, 0.29) is 5.91 Å². The van der Waals surface area contributed by atoms with Gasteiger partial charge < -0.3 is 15.3 Å². The summed E-state index contributed by atoms with van der Waals surface area (Å²) >= 11 is 0. The summed E-state index contributed by atoms with van der Waals surface area (Å²) in [5.41, 5.74) is 0.981. The summed E-state index contributed by atoms with van der Waals surface area (Å²) < 4.78 is 0. The number of pyridine rings is 1. The minimum absolute atomic E-state index is 0.222. The first kappa shape index (κ1) is 14.8. The average Bonchev–Trinajstić information content (AvgIpc) is 2.36. The lowest BCUT2D eigenvalue weighted by molar-refractivity contribution is -0.131. The van der Waals surface area contributed by atoms with E-state index in [9.17, 15) is 9.59 Å². The zero-order valence-corrected chi connectivity index (χ0v) is 11.0. The smallest absolute Gasteiger partial charge is 0.328 e. The summed E-state index contributed by atoms with van der Waals surface area (Å²) in [6.07, 6.45) is 5.34. The molecule has 0 bridgehead atoms. The highest BCUT2D eigenvalue weighted by Gasteiger charge is 2.05. The molecule has 0 atom stereocenters. The molecular weight excluding hydrogens is 246 g/mol. The zero-order chi connectivity index (χ0) is 14.3. The summed E-state index contributed by atoms with van der Waals surface area (Å²) in [4.78, 5) is 28.1. The molecule has 2 N–H and O–H groups in total. The number of nitrogens with one attached hydrogen (secondary N) is 1. The van der Waals surface area contributed by atoms with Crippen LogP contribution in [0.25, 0.3) is 6.08 Å². The molecule has 0 aliphatic heterocycles. The third-order valence-corrected chi connectivity index (χ3v) is 2.28. The molecule has 19 heavy (non-hydrogen) atoms. The van der Waals surface area contributed by atoms with Gasteiger partial charge in [0.1, 0.15) is 0 Å². The molecule has 6 nitrogen and oxygen atoms in total. The van der Waals surface area contributed by atoms with Gasteiger partial charge >= 0.3 is 5.97 Å². The number of aliphatic carboxylic acids is 1. The van der Waals surface area contributed by atoms with Crippen LogP contribution >= 0.6 is 0 Å². The lowest BCUT2D eigenvalue weighted by atomic mass is 10.2. The molecule has 0 saturated carbocycles. The van der Waals surface area contributed by atoms with Crippen molar-refractivity contribution in [3.8, 4) is 0 Å². The highest BCUT2D eigenvalue weighted by Crippen LogP contribution is 2.04. The van der Waals surface area contributed by atoms with Crippen LogP contribution in [0.1, 0.15) is 15.9 Å². The highest BCUT2D eigenvalue weighted by atomic mass is 16.4. The Hall–Kier alpha value is -2.21. The van der Waals surface area contributed by atoms with Crippen LogP contribution in [0.2, 0.25) is 0 Å². The van der Waals surface area contributed by atoms with Gasteiger partial charge in [-0.15, -0.1) is 0 Å². The van der Waals surface area contributed by atoms with E-state index in [4.69, 9.17) is 5.11 Å². The molecule has 1 rings (SSSR count). The van der Waals surface area contributed by atoms with Crippen molar-refractivity contribution in [1.29, 1.82) is 0 Å². The zero-order valence-electron chi connectivity index (χ0n) is 11.0. The Morgan fingerprint density at radius 2 is 2.16 bits per heavy atom. The van der Waals surface area contributed by atoms with Crippen molar-refractivity contribution in [2.24, 2.45) is 0 Å². The van der Waals surface area contributed by atoms with Gasteiger partial charge in [-0.25, -0.2) is 4.79 Å². The van der Waals surface area contributed by atoms with Crippen molar-refractivity contribution in [2.45, 2.75) is 0 Å². The number of carboxylic acids is 1. The summed E-state index contributed by atoms with van der Waals surface area (Å²) in [5.74, 6) is -1.26. The lowest BCUT2D eigenvalue weighted by Gasteiger charge is -2.10. The number of aromatic nitrogens is 1. The van der Waals surface area contributed by atoms with Gasteiger partial charge in [0.05, 0.1) is 5.56 Å². The average molecular weight is 263 g/mol. The van der Waals surface area contributed by atoms with E-state index in [2.05, 4.69) is 10.3 Å². The van der Waals surface area contributed by atoms with Crippen LogP contribution in [0.15, 0.2) is 24.5 Å². The molecule has 1 aromatic rings. The molecule has 0 aliphatic carbocycles. The van der Waals surface area contributed by atoms with Crippen molar-refractivity contribution in [1.82, 2.24) is 15.2 Å². The lowest BCUT2D eigenvalue weighted by Crippen LogP contribution is -2.31. The van der Waals surface area contributed by atoms with Crippen molar-refractivity contribution in [2.75, 3.05) is 27.2 Å². The van der Waals surface area contributed by atoms with Gasteiger partial charge in [0.15, 0.2) is 0 Å². The molecule has 1 aromatic heterocycles. The van der Waals surface area contributed by atoms with Gasteiger partial charge in [-0.1, -0.05) is 0 Å². The Bertz CT molecular complexity index is 484. The van der Waals surface area contributed by atoms with E-state index in [1.165, 1.54) is 18.5 Å². The maximum Gasteiger partial charge on any atom is 0.328 e. The summed E-state index contributed by atoms with van der Waals surface area (Å²) in [6, 6.07) is 1.59. The van der Waals surface area contributed by atoms with E-state index in [1.807, 2.05) is 19.0 Å². The maximum absolute atomic E-state index is 11.8. The minimum Gasteiger partial charge on any atom is -0.478 e. The van der Waals surface area contributed by atoms with Crippen LogP contribution in [0.3, 0.4) is 0 Å². The first-order valence-corrected chi connectivity index (χ1v) is 5.78. The van der Waals surface area contributed by atoms with E-state index < -0.39 is 5.97 Å². The van der Waals surface area contributed by atoms with Gasteiger partial charge in [0.2, 0.25) is 0 Å². The van der Waals surface area contributed by atoms with Gasteiger partial charge in [-0.05, 0) is 31.8 Å². The Kier molecular flexibility index (Phi) is 5.69. The van der Waals surface area contributed by atoms with Crippen LogP contribution in [-0.2, 0) is 4.79 Å². The molecule has 0 radical (unpaired) electrons. The Labute approximate surface area is 111 Å². The molecule has 0 fully saturated rings. The third kappa shape index (κ3) is 5.78. The molecule has 0 aromatic carbocycles. The van der Waals surface area contributed by atoms with Crippen molar-refractivity contribution in [3.05, 3.63) is 35.7 Å². The van der Waals surface area contributed by atoms with E-state index in [1.54, 1.807) is 6.07 Å². The highest BCUT2D eigenvalue weighted by molar-refractivity contribution is 5.94. The Morgan fingerprint density at radius 3 is 2.79 bits per heavy atom. The summed E-state index contributed by atoms with van der Waals surface area (Å²) in [6.45, 7) is 1.29. The number of carboxylic acid groups (broad SMARTS) is 1. The third-order valence-electron chi connectivity index (χ3n) is 2.28. The quantitative estimate of drug-likeness (QED) is 0.729. The van der Waals surface area contributed by atoms with Crippen molar-refractivity contribution >= 4 is 18.0 Å². The molecule has 1 amide bonds. The van der Waals surface area contributed by atoms with E-state index >= 15 is 0 Å². The number of likely N-dealkylation sites (N-methyl/N-ethyl adjacent to an activating group) is 1. The fourth-order valence-corrected chi connectivity index (χ4v) is 1.34. The number of nitrogens with zero attached hydrogens (tertiary/aromatic N) is 2. The Balaban J connectivity index is 2.65. The van der Waals surface area contributed by atoms with E-state index in [0.29, 0.717) is 17.7 Å². The fraction of sp³-hybridized carbons (Fsp3) is 0.308. The second-order valence-electron chi connectivity index (χ2n) is 4.24. The molecule has 0 spiro atoms. The SMILES string of the molecule is CN(C)CCNC(=O)c1cncc(C=CC(=O)O)c1. The minimum atomic E-state index is -1.04. The van der Waals surface area contributed by atoms with Crippen molar-refractivity contribution < 1.29 is 14.7 Å². The summed E-state index contributed by atoms with van der Waals surface area (Å²) in [7, 11) is 3.84.